The van der Waals surface area contributed by atoms with Crippen LogP contribution in [0.15, 0.2) is 24.3 Å². The van der Waals surface area contributed by atoms with Gasteiger partial charge in [0.2, 0.25) is 5.91 Å². The Labute approximate surface area is 102 Å². The molecule has 0 aliphatic carbocycles. The highest BCUT2D eigenvalue weighted by molar-refractivity contribution is 5.95. The van der Waals surface area contributed by atoms with Crippen LogP contribution in [0.2, 0.25) is 0 Å². The van der Waals surface area contributed by atoms with E-state index in [1.165, 1.54) is 0 Å². The fourth-order valence-corrected chi connectivity index (χ4v) is 2.17. The summed E-state index contributed by atoms with van der Waals surface area (Å²) in [5.41, 5.74) is 7.77. The summed E-state index contributed by atoms with van der Waals surface area (Å²) >= 11 is 0. The number of para-hydroxylation sites is 1. The second kappa shape index (κ2) is 4.85. The largest absolute Gasteiger partial charge is 0.329 e. The van der Waals surface area contributed by atoms with Crippen LogP contribution in [0.4, 0.5) is 5.69 Å². The van der Waals surface area contributed by atoms with Gasteiger partial charge >= 0.3 is 0 Å². The van der Waals surface area contributed by atoms with Gasteiger partial charge in [0, 0.05) is 25.6 Å². The molecule has 1 aromatic rings. The van der Waals surface area contributed by atoms with Crippen molar-refractivity contribution in [1.29, 1.82) is 0 Å². The van der Waals surface area contributed by atoms with Crippen molar-refractivity contribution in [2.45, 2.75) is 26.3 Å². The highest BCUT2D eigenvalue weighted by atomic mass is 16.2. The molecule has 1 atom stereocenters. The summed E-state index contributed by atoms with van der Waals surface area (Å²) in [5.74, 6) is 0.152. The Bertz CT molecular complexity index is 419. The van der Waals surface area contributed by atoms with Gasteiger partial charge in [-0.25, -0.2) is 10.0 Å². The zero-order valence-electron chi connectivity index (χ0n) is 10.4. The van der Waals surface area contributed by atoms with Gasteiger partial charge in [-0.05, 0) is 25.5 Å². The van der Waals surface area contributed by atoms with Crippen molar-refractivity contribution in [2.24, 2.45) is 5.73 Å². The van der Waals surface area contributed by atoms with E-state index in [0.29, 0.717) is 13.0 Å². The maximum absolute atomic E-state index is 12.0. The molecule has 0 spiro atoms. The van der Waals surface area contributed by atoms with Crippen molar-refractivity contribution in [3.63, 3.8) is 0 Å². The van der Waals surface area contributed by atoms with E-state index in [9.17, 15) is 4.79 Å². The average molecular weight is 233 g/mol. The van der Waals surface area contributed by atoms with Crippen LogP contribution in [-0.2, 0) is 4.79 Å². The minimum Gasteiger partial charge on any atom is -0.329 e. The number of benzene rings is 1. The number of carbonyl (C=O) groups is 1. The lowest BCUT2D eigenvalue weighted by Gasteiger charge is -2.33. The highest BCUT2D eigenvalue weighted by Gasteiger charge is 2.33. The van der Waals surface area contributed by atoms with Crippen LogP contribution in [0.25, 0.3) is 0 Å². The Balaban J connectivity index is 2.34. The predicted molar refractivity (Wildman–Crippen MR) is 68.5 cm³/mol. The number of hydrogen-bond acceptors (Lipinski definition) is 3. The van der Waals surface area contributed by atoms with Crippen LogP contribution in [0.5, 0.6) is 0 Å². The number of rotatable bonds is 3. The van der Waals surface area contributed by atoms with Crippen molar-refractivity contribution >= 4 is 11.6 Å². The summed E-state index contributed by atoms with van der Waals surface area (Å²) in [6.45, 7) is 5.37. The fourth-order valence-electron chi connectivity index (χ4n) is 2.17. The number of anilines is 1. The van der Waals surface area contributed by atoms with Crippen LogP contribution in [0.3, 0.4) is 0 Å². The first-order chi connectivity index (χ1) is 8.15. The zero-order chi connectivity index (χ0) is 12.4. The molecular formula is C13H19N3O. The normalized spacial score (nSPS) is 18.8. The summed E-state index contributed by atoms with van der Waals surface area (Å²) in [7, 11) is 0. The van der Waals surface area contributed by atoms with E-state index in [-0.39, 0.29) is 11.9 Å². The first-order valence-corrected chi connectivity index (χ1v) is 6.00. The van der Waals surface area contributed by atoms with Gasteiger partial charge in [0.15, 0.2) is 0 Å². The van der Waals surface area contributed by atoms with Crippen molar-refractivity contribution in [1.82, 2.24) is 5.01 Å². The summed E-state index contributed by atoms with van der Waals surface area (Å²) in [6, 6.07) is 8.12. The quantitative estimate of drug-likeness (QED) is 0.856. The van der Waals surface area contributed by atoms with Crippen molar-refractivity contribution in [3.05, 3.63) is 29.8 Å². The monoisotopic (exact) mass is 233 g/mol. The summed E-state index contributed by atoms with van der Waals surface area (Å²) in [6.07, 6.45) is 0.568. The number of hydrogen-bond donors (Lipinski definition) is 1. The van der Waals surface area contributed by atoms with Gasteiger partial charge in [-0.15, -0.1) is 0 Å². The minimum atomic E-state index is 0.152. The molecule has 4 nitrogen and oxygen atoms in total. The number of hydrazine groups is 1. The van der Waals surface area contributed by atoms with Crippen LogP contribution in [0.1, 0.15) is 18.9 Å². The minimum absolute atomic E-state index is 0.152. The lowest BCUT2D eigenvalue weighted by molar-refractivity contribution is -0.118. The van der Waals surface area contributed by atoms with Crippen LogP contribution in [-0.4, -0.2) is 30.0 Å². The first kappa shape index (κ1) is 12.1. The number of carbonyl (C=O) groups excluding carboxylic acids is 1. The molecule has 17 heavy (non-hydrogen) atoms. The second-order valence-electron chi connectivity index (χ2n) is 4.49. The third-order valence-electron chi connectivity index (χ3n) is 3.24. The molecule has 0 radical (unpaired) electrons. The number of amides is 1. The maximum atomic E-state index is 12.0. The lowest BCUT2D eigenvalue weighted by atomic mass is 10.2. The Morgan fingerprint density at radius 3 is 2.76 bits per heavy atom. The highest BCUT2D eigenvalue weighted by Crippen LogP contribution is 2.27. The van der Waals surface area contributed by atoms with Gasteiger partial charge in [0.1, 0.15) is 0 Å². The molecule has 2 rings (SSSR count). The van der Waals surface area contributed by atoms with Crippen molar-refractivity contribution in [2.75, 3.05) is 18.1 Å². The Kier molecular flexibility index (Phi) is 3.45. The molecule has 1 aliphatic rings. The smallest absolute Gasteiger partial charge is 0.242 e. The van der Waals surface area contributed by atoms with Gasteiger partial charge in [0.25, 0.3) is 0 Å². The van der Waals surface area contributed by atoms with Gasteiger partial charge in [-0.3, -0.25) is 4.79 Å². The number of aryl methyl sites for hydroxylation is 1. The lowest BCUT2D eigenvalue weighted by Crippen LogP contribution is -2.47. The first-order valence-electron chi connectivity index (χ1n) is 6.00. The molecule has 1 unspecified atom stereocenters. The van der Waals surface area contributed by atoms with E-state index in [2.05, 4.69) is 5.01 Å². The van der Waals surface area contributed by atoms with Crippen LogP contribution >= 0.6 is 0 Å². The molecule has 1 saturated heterocycles. The molecular weight excluding hydrogens is 214 g/mol. The molecule has 1 aromatic carbocycles. The van der Waals surface area contributed by atoms with Gasteiger partial charge < -0.3 is 5.73 Å². The molecule has 4 heteroatoms. The number of nitrogens with two attached hydrogens (primary N) is 1. The van der Waals surface area contributed by atoms with Gasteiger partial charge in [-0.1, -0.05) is 18.2 Å². The van der Waals surface area contributed by atoms with Crippen LogP contribution in [0, 0.1) is 6.92 Å². The zero-order valence-corrected chi connectivity index (χ0v) is 10.4. The van der Waals surface area contributed by atoms with E-state index in [0.717, 1.165) is 17.8 Å². The topological polar surface area (TPSA) is 49.6 Å². The predicted octanol–water partition coefficient (Wildman–Crippen LogP) is 1.30. The van der Waals surface area contributed by atoms with E-state index in [1.54, 1.807) is 5.01 Å². The summed E-state index contributed by atoms with van der Waals surface area (Å²) in [5, 5.41) is 3.84. The molecule has 1 aliphatic heterocycles. The third kappa shape index (κ3) is 2.18. The molecule has 2 N–H and O–H groups in total. The van der Waals surface area contributed by atoms with Crippen molar-refractivity contribution < 1.29 is 4.79 Å². The molecule has 1 fully saturated rings. The molecule has 0 saturated carbocycles. The molecule has 0 bridgehead atoms. The molecule has 0 aromatic heterocycles. The van der Waals surface area contributed by atoms with E-state index in [1.807, 2.05) is 38.1 Å². The number of nitrogens with zero attached hydrogens (tertiary/aromatic N) is 2. The third-order valence-corrected chi connectivity index (χ3v) is 3.24. The summed E-state index contributed by atoms with van der Waals surface area (Å²) < 4.78 is 0. The van der Waals surface area contributed by atoms with Crippen molar-refractivity contribution in [3.8, 4) is 0 Å². The van der Waals surface area contributed by atoms with E-state index >= 15 is 0 Å². The maximum Gasteiger partial charge on any atom is 0.242 e. The van der Waals surface area contributed by atoms with Gasteiger partial charge in [-0.2, -0.15) is 0 Å². The Morgan fingerprint density at radius 1 is 1.41 bits per heavy atom. The van der Waals surface area contributed by atoms with Crippen LogP contribution < -0.4 is 10.7 Å². The van der Waals surface area contributed by atoms with Gasteiger partial charge in [0.05, 0.1) is 5.69 Å². The second-order valence-corrected chi connectivity index (χ2v) is 4.49. The molecule has 1 heterocycles. The summed E-state index contributed by atoms with van der Waals surface area (Å²) in [4.78, 5) is 12.0. The standard InChI is InChI=1S/C13H19N3O/c1-10-5-3-4-6-12(10)16-13(17)7-8-15(16)11(2)9-14/h3-6,11H,7-9,14H2,1-2H3. The average Bonchev–Trinajstić information content (AvgIpc) is 2.71. The molecule has 92 valence electrons. The van der Waals surface area contributed by atoms with E-state index < -0.39 is 0 Å². The Hall–Kier alpha value is -1.39. The van der Waals surface area contributed by atoms with E-state index in [4.69, 9.17) is 5.73 Å². The Morgan fingerprint density at radius 2 is 2.12 bits per heavy atom. The fraction of sp³-hybridized carbons (Fsp3) is 0.462. The molecule has 1 amide bonds. The SMILES string of the molecule is Cc1ccccc1N1C(=O)CCN1C(C)CN.